The molecule has 1 aromatic rings. The van der Waals surface area contributed by atoms with Gasteiger partial charge >= 0.3 is 5.97 Å². The first-order valence-electron chi connectivity index (χ1n) is 5.54. The fraction of sp³-hybridized carbons (Fsp3) is 0.636. The molecule has 0 aliphatic rings. The van der Waals surface area contributed by atoms with Gasteiger partial charge in [0.1, 0.15) is 4.88 Å². The molecule has 0 aromatic carbocycles. The molecule has 0 radical (unpaired) electrons. The standard InChI is InChI=1S/C11H18N2O2S/c1-4-11(5-2,6-3)13-10-12-7-8(16-10)9(14)15/h7H,4-6H2,1-3H3,(H,12,13)(H,14,15). The average Bonchev–Trinajstić information content (AvgIpc) is 2.74. The van der Waals surface area contributed by atoms with Gasteiger partial charge in [-0.1, -0.05) is 32.1 Å². The van der Waals surface area contributed by atoms with Crippen LogP contribution in [0.25, 0.3) is 0 Å². The molecule has 0 bridgehead atoms. The quantitative estimate of drug-likeness (QED) is 0.804. The maximum atomic E-state index is 10.7. The van der Waals surface area contributed by atoms with E-state index in [0.29, 0.717) is 5.13 Å². The van der Waals surface area contributed by atoms with Crippen molar-refractivity contribution in [1.82, 2.24) is 4.98 Å². The number of anilines is 1. The third kappa shape index (κ3) is 2.72. The highest BCUT2D eigenvalue weighted by Gasteiger charge is 2.24. The third-order valence-electron chi connectivity index (χ3n) is 3.12. The summed E-state index contributed by atoms with van der Waals surface area (Å²) < 4.78 is 0. The predicted octanol–water partition coefficient (Wildman–Crippen LogP) is 3.22. The zero-order valence-electron chi connectivity index (χ0n) is 9.91. The van der Waals surface area contributed by atoms with E-state index in [4.69, 9.17) is 5.11 Å². The first-order valence-corrected chi connectivity index (χ1v) is 6.35. The summed E-state index contributed by atoms with van der Waals surface area (Å²) in [6.07, 6.45) is 4.41. The van der Waals surface area contributed by atoms with Gasteiger partial charge in [-0.3, -0.25) is 0 Å². The average molecular weight is 242 g/mol. The van der Waals surface area contributed by atoms with E-state index in [1.165, 1.54) is 17.5 Å². The predicted molar refractivity (Wildman–Crippen MR) is 66.3 cm³/mol. The van der Waals surface area contributed by atoms with Gasteiger partial charge < -0.3 is 10.4 Å². The molecule has 0 aliphatic carbocycles. The Kier molecular flexibility index (Phi) is 4.29. The van der Waals surface area contributed by atoms with Crippen molar-refractivity contribution in [1.29, 1.82) is 0 Å². The molecule has 5 heteroatoms. The zero-order valence-corrected chi connectivity index (χ0v) is 10.7. The van der Waals surface area contributed by atoms with Crippen LogP contribution in [0.2, 0.25) is 0 Å². The topological polar surface area (TPSA) is 62.2 Å². The van der Waals surface area contributed by atoms with E-state index in [2.05, 4.69) is 31.1 Å². The highest BCUT2D eigenvalue weighted by molar-refractivity contribution is 7.17. The molecule has 16 heavy (non-hydrogen) atoms. The van der Waals surface area contributed by atoms with Crippen LogP contribution in [0, 0.1) is 0 Å². The van der Waals surface area contributed by atoms with Crippen LogP contribution in [-0.4, -0.2) is 21.6 Å². The van der Waals surface area contributed by atoms with E-state index in [0.717, 1.165) is 19.3 Å². The van der Waals surface area contributed by atoms with E-state index < -0.39 is 5.97 Å². The van der Waals surface area contributed by atoms with Crippen LogP contribution in [-0.2, 0) is 0 Å². The lowest BCUT2D eigenvalue weighted by molar-refractivity contribution is 0.0702. The Labute approximate surface area is 99.7 Å². The normalized spacial score (nSPS) is 11.4. The molecule has 0 aliphatic heterocycles. The summed E-state index contributed by atoms with van der Waals surface area (Å²) in [4.78, 5) is 15.1. The fourth-order valence-electron chi connectivity index (χ4n) is 1.67. The Bertz CT molecular complexity index is 350. The molecule has 0 fully saturated rings. The Morgan fingerprint density at radius 1 is 1.44 bits per heavy atom. The molecule has 0 atom stereocenters. The van der Waals surface area contributed by atoms with Crippen molar-refractivity contribution in [2.45, 2.75) is 45.6 Å². The summed E-state index contributed by atoms with van der Waals surface area (Å²) in [5.74, 6) is -0.916. The Morgan fingerprint density at radius 2 is 2.00 bits per heavy atom. The molecule has 90 valence electrons. The van der Waals surface area contributed by atoms with Crippen LogP contribution in [0.15, 0.2) is 6.20 Å². The number of carboxylic acids is 1. The maximum Gasteiger partial charge on any atom is 0.347 e. The minimum atomic E-state index is -0.916. The molecular formula is C11H18N2O2S. The lowest BCUT2D eigenvalue weighted by Crippen LogP contribution is -2.35. The second kappa shape index (κ2) is 5.30. The first kappa shape index (κ1) is 13.0. The molecule has 0 spiro atoms. The number of nitrogens with zero attached hydrogens (tertiary/aromatic N) is 1. The van der Waals surface area contributed by atoms with E-state index in [9.17, 15) is 4.79 Å². The number of rotatable bonds is 6. The largest absolute Gasteiger partial charge is 0.477 e. The van der Waals surface area contributed by atoms with Gasteiger partial charge in [-0.15, -0.1) is 0 Å². The summed E-state index contributed by atoms with van der Waals surface area (Å²) >= 11 is 1.19. The zero-order chi connectivity index (χ0) is 12.2. The van der Waals surface area contributed by atoms with E-state index in [-0.39, 0.29) is 10.4 Å². The minimum absolute atomic E-state index is 0.0353. The van der Waals surface area contributed by atoms with Crippen molar-refractivity contribution in [3.63, 3.8) is 0 Å². The summed E-state index contributed by atoms with van der Waals surface area (Å²) in [5, 5.41) is 12.9. The Balaban J connectivity index is 2.81. The highest BCUT2D eigenvalue weighted by Crippen LogP contribution is 2.28. The molecule has 1 rings (SSSR count). The molecule has 0 unspecified atom stereocenters. The highest BCUT2D eigenvalue weighted by atomic mass is 32.1. The Morgan fingerprint density at radius 3 is 2.38 bits per heavy atom. The van der Waals surface area contributed by atoms with E-state index in [1.807, 2.05) is 0 Å². The van der Waals surface area contributed by atoms with Gasteiger partial charge in [0, 0.05) is 5.54 Å². The molecule has 1 aromatic heterocycles. The van der Waals surface area contributed by atoms with Crippen molar-refractivity contribution in [2.24, 2.45) is 0 Å². The van der Waals surface area contributed by atoms with Crippen molar-refractivity contribution >= 4 is 22.4 Å². The maximum absolute atomic E-state index is 10.7. The summed E-state index contributed by atoms with van der Waals surface area (Å²) in [6, 6.07) is 0. The number of aromatic nitrogens is 1. The summed E-state index contributed by atoms with van der Waals surface area (Å²) in [7, 11) is 0. The van der Waals surface area contributed by atoms with Crippen molar-refractivity contribution in [3.8, 4) is 0 Å². The molecule has 0 amide bonds. The SMILES string of the molecule is CCC(CC)(CC)Nc1ncc(C(=O)O)s1. The summed E-state index contributed by atoms with van der Waals surface area (Å²) in [6.45, 7) is 6.39. The van der Waals surface area contributed by atoms with Crippen LogP contribution in [0.3, 0.4) is 0 Å². The molecule has 4 nitrogen and oxygen atoms in total. The van der Waals surface area contributed by atoms with Crippen molar-refractivity contribution in [2.75, 3.05) is 5.32 Å². The number of thiazole rings is 1. The van der Waals surface area contributed by atoms with Crippen LogP contribution >= 0.6 is 11.3 Å². The monoisotopic (exact) mass is 242 g/mol. The number of hydrogen-bond acceptors (Lipinski definition) is 4. The lowest BCUT2D eigenvalue weighted by atomic mass is 9.90. The van der Waals surface area contributed by atoms with Crippen LogP contribution < -0.4 is 5.32 Å². The van der Waals surface area contributed by atoms with Crippen molar-refractivity contribution in [3.05, 3.63) is 11.1 Å². The lowest BCUT2D eigenvalue weighted by Gasteiger charge is -2.31. The molecule has 0 saturated heterocycles. The van der Waals surface area contributed by atoms with E-state index in [1.54, 1.807) is 0 Å². The summed E-state index contributed by atoms with van der Waals surface area (Å²) in [5.41, 5.74) is 0.0353. The number of hydrogen-bond donors (Lipinski definition) is 2. The second-order valence-corrected chi connectivity index (χ2v) is 4.83. The number of carboxylic acid groups (broad SMARTS) is 1. The van der Waals surface area contributed by atoms with Gasteiger partial charge in [-0.05, 0) is 19.3 Å². The van der Waals surface area contributed by atoms with Gasteiger partial charge in [0.05, 0.1) is 6.20 Å². The van der Waals surface area contributed by atoms with Gasteiger partial charge in [-0.25, -0.2) is 9.78 Å². The molecule has 2 N–H and O–H groups in total. The van der Waals surface area contributed by atoms with Crippen LogP contribution in [0.4, 0.5) is 5.13 Å². The second-order valence-electron chi connectivity index (χ2n) is 3.80. The number of carbonyl (C=O) groups is 1. The van der Waals surface area contributed by atoms with Gasteiger partial charge in [0.15, 0.2) is 5.13 Å². The fourth-order valence-corrected chi connectivity index (χ4v) is 2.45. The first-order chi connectivity index (χ1) is 7.56. The van der Waals surface area contributed by atoms with Gasteiger partial charge in [0.25, 0.3) is 0 Å². The number of nitrogens with one attached hydrogen (secondary N) is 1. The molecular weight excluding hydrogens is 224 g/mol. The third-order valence-corrected chi connectivity index (χ3v) is 4.02. The molecule has 1 heterocycles. The van der Waals surface area contributed by atoms with Crippen molar-refractivity contribution < 1.29 is 9.90 Å². The van der Waals surface area contributed by atoms with Crippen LogP contribution in [0.5, 0.6) is 0 Å². The smallest absolute Gasteiger partial charge is 0.347 e. The molecule has 0 saturated carbocycles. The Hall–Kier alpha value is -1.10. The van der Waals surface area contributed by atoms with Gasteiger partial charge in [-0.2, -0.15) is 0 Å². The minimum Gasteiger partial charge on any atom is -0.477 e. The van der Waals surface area contributed by atoms with Crippen LogP contribution in [0.1, 0.15) is 49.7 Å². The van der Waals surface area contributed by atoms with Gasteiger partial charge in [0.2, 0.25) is 0 Å². The number of aromatic carboxylic acids is 1. The van der Waals surface area contributed by atoms with E-state index >= 15 is 0 Å².